The van der Waals surface area contributed by atoms with Gasteiger partial charge in [-0.3, -0.25) is 4.68 Å². The van der Waals surface area contributed by atoms with Gasteiger partial charge in [-0.05, 0) is 31.0 Å². The standard InChI is InChI=1S/C14H19N3O/c1-3-11-5-6-14(13(15)7-11)18-10-12-8-16-17(4-2)9-12/h5-9H,3-4,10,15H2,1-2H3. The summed E-state index contributed by atoms with van der Waals surface area (Å²) in [6, 6.07) is 5.93. The van der Waals surface area contributed by atoms with E-state index in [1.54, 1.807) is 0 Å². The lowest BCUT2D eigenvalue weighted by molar-refractivity contribution is 0.307. The van der Waals surface area contributed by atoms with Crippen LogP contribution in [0.2, 0.25) is 0 Å². The van der Waals surface area contributed by atoms with Gasteiger partial charge in [-0.25, -0.2) is 0 Å². The molecule has 0 fully saturated rings. The first-order valence-electron chi connectivity index (χ1n) is 6.25. The Morgan fingerprint density at radius 1 is 1.28 bits per heavy atom. The number of nitrogens with two attached hydrogens (primary N) is 1. The van der Waals surface area contributed by atoms with Crippen LogP contribution in [0.4, 0.5) is 5.69 Å². The van der Waals surface area contributed by atoms with E-state index in [4.69, 9.17) is 10.5 Å². The molecule has 96 valence electrons. The highest BCUT2D eigenvalue weighted by Gasteiger charge is 2.03. The Balaban J connectivity index is 2.01. The zero-order valence-corrected chi connectivity index (χ0v) is 10.9. The van der Waals surface area contributed by atoms with Gasteiger partial charge in [0.05, 0.1) is 11.9 Å². The second kappa shape index (κ2) is 5.58. The van der Waals surface area contributed by atoms with E-state index >= 15 is 0 Å². The van der Waals surface area contributed by atoms with Gasteiger partial charge < -0.3 is 10.5 Å². The van der Waals surface area contributed by atoms with E-state index in [0.717, 1.165) is 24.3 Å². The Hall–Kier alpha value is -1.97. The molecule has 4 heteroatoms. The second-order valence-corrected chi connectivity index (χ2v) is 4.22. The molecule has 1 aromatic heterocycles. The molecule has 0 amide bonds. The van der Waals surface area contributed by atoms with Crippen LogP contribution in [0.1, 0.15) is 25.0 Å². The average molecular weight is 245 g/mol. The number of benzene rings is 1. The van der Waals surface area contributed by atoms with Crippen molar-refractivity contribution >= 4 is 5.69 Å². The largest absolute Gasteiger partial charge is 0.487 e. The fourth-order valence-electron chi connectivity index (χ4n) is 1.76. The van der Waals surface area contributed by atoms with Crippen molar-refractivity contribution in [1.82, 2.24) is 9.78 Å². The molecule has 2 N–H and O–H groups in total. The third kappa shape index (κ3) is 2.83. The van der Waals surface area contributed by atoms with Gasteiger partial charge in [0.2, 0.25) is 0 Å². The third-order valence-electron chi connectivity index (χ3n) is 2.89. The molecular weight excluding hydrogens is 226 g/mol. The molecule has 0 unspecified atom stereocenters. The quantitative estimate of drug-likeness (QED) is 0.824. The first-order valence-corrected chi connectivity index (χ1v) is 6.25. The van der Waals surface area contributed by atoms with Crippen LogP contribution in [-0.2, 0) is 19.6 Å². The fourth-order valence-corrected chi connectivity index (χ4v) is 1.76. The Kier molecular flexibility index (Phi) is 3.87. The van der Waals surface area contributed by atoms with Gasteiger partial charge in [0.1, 0.15) is 12.4 Å². The summed E-state index contributed by atoms with van der Waals surface area (Å²) < 4.78 is 7.58. The minimum absolute atomic E-state index is 0.496. The lowest BCUT2D eigenvalue weighted by Crippen LogP contribution is -1.99. The van der Waals surface area contributed by atoms with E-state index in [0.29, 0.717) is 12.3 Å². The summed E-state index contributed by atoms with van der Waals surface area (Å²) in [7, 11) is 0. The van der Waals surface area contributed by atoms with Gasteiger partial charge in [-0.1, -0.05) is 13.0 Å². The van der Waals surface area contributed by atoms with Gasteiger partial charge in [-0.15, -0.1) is 0 Å². The van der Waals surface area contributed by atoms with Gasteiger partial charge >= 0.3 is 0 Å². The highest BCUT2D eigenvalue weighted by molar-refractivity contribution is 5.54. The second-order valence-electron chi connectivity index (χ2n) is 4.22. The summed E-state index contributed by atoms with van der Waals surface area (Å²) in [6.45, 7) is 5.52. The molecule has 2 aromatic rings. The van der Waals surface area contributed by atoms with Gasteiger partial charge in [0.25, 0.3) is 0 Å². The number of rotatable bonds is 5. The first-order chi connectivity index (χ1) is 8.72. The summed E-state index contributed by atoms with van der Waals surface area (Å²) in [5, 5.41) is 4.20. The van der Waals surface area contributed by atoms with Crippen LogP contribution in [0.25, 0.3) is 0 Å². The number of anilines is 1. The van der Waals surface area contributed by atoms with E-state index in [2.05, 4.69) is 18.9 Å². The summed E-state index contributed by atoms with van der Waals surface area (Å²) in [4.78, 5) is 0. The molecule has 4 nitrogen and oxygen atoms in total. The third-order valence-corrected chi connectivity index (χ3v) is 2.89. The zero-order valence-electron chi connectivity index (χ0n) is 10.9. The van der Waals surface area contributed by atoms with Crippen LogP contribution in [-0.4, -0.2) is 9.78 Å². The van der Waals surface area contributed by atoms with Crippen LogP contribution < -0.4 is 10.5 Å². The van der Waals surface area contributed by atoms with Crippen molar-refractivity contribution in [3.8, 4) is 5.75 Å². The maximum absolute atomic E-state index is 5.95. The number of aromatic nitrogens is 2. The van der Waals surface area contributed by atoms with Crippen LogP contribution >= 0.6 is 0 Å². The van der Waals surface area contributed by atoms with E-state index in [1.807, 2.05) is 35.3 Å². The minimum atomic E-state index is 0.496. The number of hydrogen-bond donors (Lipinski definition) is 1. The first kappa shape index (κ1) is 12.5. The summed E-state index contributed by atoms with van der Waals surface area (Å²) in [5.74, 6) is 0.733. The van der Waals surface area contributed by atoms with E-state index in [-0.39, 0.29) is 0 Å². The molecule has 1 aromatic carbocycles. The predicted octanol–water partition coefficient (Wildman–Crippen LogP) is 2.63. The van der Waals surface area contributed by atoms with Crippen molar-refractivity contribution in [3.05, 3.63) is 41.7 Å². The number of aryl methyl sites for hydroxylation is 2. The van der Waals surface area contributed by atoms with Crippen molar-refractivity contribution in [2.45, 2.75) is 33.4 Å². The molecule has 2 rings (SSSR count). The van der Waals surface area contributed by atoms with Crippen LogP contribution in [0.15, 0.2) is 30.6 Å². The number of ether oxygens (including phenoxy) is 1. The average Bonchev–Trinajstić information content (AvgIpc) is 2.85. The molecular formula is C14H19N3O. The number of nitrogen functional groups attached to an aromatic ring is 1. The molecule has 1 heterocycles. The Labute approximate surface area is 107 Å². The predicted molar refractivity (Wildman–Crippen MR) is 72.5 cm³/mol. The van der Waals surface area contributed by atoms with Crippen LogP contribution in [0.5, 0.6) is 5.75 Å². The van der Waals surface area contributed by atoms with Crippen molar-refractivity contribution in [2.24, 2.45) is 0 Å². The van der Waals surface area contributed by atoms with E-state index in [1.165, 1.54) is 5.56 Å². The van der Waals surface area contributed by atoms with Crippen molar-refractivity contribution in [1.29, 1.82) is 0 Å². The van der Waals surface area contributed by atoms with Crippen molar-refractivity contribution < 1.29 is 4.74 Å². The SMILES string of the molecule is CCc1ccc(OCc2cnn(CC)c2)c(N)c1. The molecule has 0 aliphatic carbocycles. The monoisotopic (exact) mass is 245 g/mol. The summed E-state index contributed by atoms with van der Waals surface area (Å²) in [5.41, 5.74) is 8.91. The van der Waals surface area contributed by atoms with E-state index < -0.39 is 0 Å². The number of hydrogen-bond acceptors (Lipinski definition) is 3. The van der Waals surface area contributed by atoms with Crippen molar-refractivity contribution in [3.63, 3.8) is 0 Å². The smallest absolute Gasteiger partial charge is 0.142 e. The zero-order chi connectivity index (χ0) is 13.0. The molecule has 0 radical (unpaired) electrons. The summed E-state index contributed by atoms with van der Waals surface area (Å²) in [6.07, 6.45) is 4.78. The molecule has 0 atom stereocenters. The van der Waals surface area contributed by atoms with Crippen LogP contribution in [0.3, 0.4) is 0 Å². The van der Waals surface area contributed by atoms with Gasteiger partial charge in [0, 0.05) is 18.3 Å². The Morgan fingerprint density at radius 2 is 2.11 bits per heavy atom. The lowest BCUT2D eigenvalue weighted by atomic mass is 10.1. The number of nitrogens with zero attached hydrogens (tertiary/aromatic N) is 2. The lowest BCUT2D eigenvalue weighted by Gasteiger charge is -2.08. The Bertz CT molecular complexity index is 520. The van der Waals surface area contributed by atoms with Gasteiger partial charge in [-0.2, -0.15) is 5.10 Å². The van der Waals surface area contributed by atoms with Crippen molar-refractivity contribution in [2.75, 3.05) is 5.73 Å². The molecule has 0 aliphatic rings. The summed E-state index contributed by atoms with van der Waals surface area (Å²) >= 11 is 0. The van der Waals surface area contributed by atoms with Gasteiger partial charge in [0.15, 0.2) is 0 Å². The molecule has 0 aliphatic heterocycles. The highest BCUT2D eigenvalue weighted by atomic mass is 16.5. The molecule has 0 spiro atoms. The Morgan fingerprint density at radius 3 is 2.72 bits per heavy atom. The van der Waals surface area contributed by atoms with Crippen LogP contribution in [0, 0.1) is 0 Å². The highest BCUT2D eigenvalue weighted by Crippen LogP contribution is 2.23. The maximum Gasteiger partial charge on any atom is 0.142 e. The van der Waals surface area contributed by atoms with E-state index in [9.17, 15) is 0 Å². The fraction of sp³-hybridized carbons (Fsp3) is 0.357. The normalized spacial score (nSPS) is 10.6. The minimum Gasteiger partial charge on any atom is -0.487 e. The molecule has 18 heavy (non-hydrogen) atoms. The topological polar surface area (TPSA) is 53.1 Å². The molecule has 0 saturated heterocycles. The molecule has 0 saturated carbocycles. The maximum atomic E-state index is 5.95. The molecule has 0 bridgehead atoms.